The van der Waals surface area contributed by atoms with Crippen LogP contribution in [0, 0.1) is 0 Å². The van der Waals surface area contributed by atoms with Gasteiger partial charge in [-0.15, -0.1) is 0 Å². The molecule has 0 radical (unpaired) electrons. The summed E-state index contributed by atoms with van der Waals surface area (Å²) >= 11 is 0. The van der Waals surface area contributed by atoms with E-state index in [-0.39, 0.29) is 0 Å². The summed E-state index contributed by atoms with van der Waals surface area (Å²) in [4.78, 5) is 0. The normalized spacial score (nSPS) is 11.8. The highest BCUT2D eigenvalue weighted by Gasteiger charge is 2.35. The minimum atomic E-state index is -3.54. The molecule has 5 heteroatoms. The van der Waals surface area contributed by atoms with Gasteiger partial charge in [-0.3, -0.25) is 4.57 Å². The fourth-order valence-electron chi connectivity index (χ4n) is 3.89. The molecule has 154 valence electrons. The van der Waals surface area contributed by atoms with Crippen molar-refractivity contribution in [3.05, 3.63) is 96.2 Å². The molecule has 1 heterocycles. The van der Waals surface area contributed by atoms with E-state index < -0.39 is 7.60 Å². The van der Waals surface area contributed by atoms with E-state index in [1.165, 1.54) is 5.56 Å². The van der Waals surface area contributed by atoms with Gasteiger partial charge in [0.25, 0.3) is 0 Å². The van der Waals surface area contributed by atoms with Crippen molar-refractivity contribution in [2.24, 2.45) is 0 Å². The van der Waals surface area contributed by atoms with Gasteiger partial charge in [-0.05, 0) is 31.5 Å². The molecule has 0 amide bonds. The molecule has 0 aliphatic heterocycles. The van der Waals surface area contributed by atoms with Crippen LogP contribution in [-0.4, -0.2) is 17.8 Å². The fourth-order valence-corrected chi connectivity index (χ4v) is 5.86. The van der Waals surface area contributed by atoms with Crippen molar-refractivity contribution in [1.29, 1.82) is 0 Å². The molecule has 0 aliphatic carbocycles. The third-order valence-corrected chi connectivity index (χ3v) is 7.20. The molecule has 0 saturated heterocycles. The standard InChI is InChI=1S/C25H26NO3P/c1-3-28-30(27,29-4-2)25-23-18-12-11-17-22(23)24(19-20-13-7-5-8-14-20)26(25)21-15-9-6-10-16-21/h5-18H,3-4,19H2,1-2H3. The van der Waals surface area contributed by atoms with E-state index in [1.807, 2.05) is 80.6 Å². The van der Waals surface area contributed by atoms with Gasteiger partial charge in [0, 0.05) is 28.6 Å². The van der Waals surface area contributed by atoms with Crippen molar-refractivity contribution in [3.63, 3.8) is 0 Å². The van der Waals surface area contributed by atoms with Gasteiger partial charge in [0.2, 0.25) is 0 Å². The monoisotopic (exact) mass is 419 g/mol. The Hall–Kier alpha value is -2.65. The smallest absolute Gasteiger partial charge is 0.306 e. The van der Waals surface area contributed by atoms with Crippen LogP contribution in [0.15, 0.2) is 84.9 Å². The molecule has 1 aromatic heterocycles. The van der Waals surface area contributed by atoms with Crippen LogP contribution in [0.2, 0.25) is 0 Å². The Morgan fingerprint density at radius 1 is 0.733 bits per heavy atom. The lowest BCUT2D eigenvalue weighted by Crippen LogP contribution is -2.21. The van der Waals surface area contributed by atoms with Crippen LogP contribution in [0.4, 0.5) is 0 Å². The molecule has 30 heavy (non-hydrogen) atoms. The minimum absolute atomic E-state index is 0.305. The van der Waals surface area contributed by atoms with Gasteiger partial charge in [-0.2, -0.15) is 0 Å². The molecule has 4 nitrogen and oxygen atoms in total. The molecule has 0 N–H and O–H groups in total. The molecular formula is C25H26NO3P. The zero-order valence-electron chi connectivity index (χ0n) is 17.3. The molecule has 0 aliphatic rings. The van der Waals surface area contributed by atoms with E-state index in [9.17, 15) is 4.57 Å². The predicted molar refractivity (Wildman–Crippen MR) is 123 cm³/mol. The Bertz CT molecular complexity index is 1160. The Labute approximate surface area is 177 Å². The van der Waals surface area contributed by atoms with Crippen molar-refractivity contribution < 1.29 is 13.6 Å². The van der Waals surface area contributed by atoms with Crippen LogP contribution < -0.4 is 5.44 Å². The van der Waals surface area contributed by atoms with E-state index in [4.69, 9.17) is 9.05 Å². The first-order valence-electron chi connectivity index (χ1n) is 10.3. The van der Waals surface area contributed by atoms with E-state index in [2.05, 4.69) is 22.8 Å². The maximum absolute atomic E-state index is 14.0. The lowest BCUT2D eigenvalue weighted by molar-refractivity contribution is 0.229. The van der Waals surface area contributed by atoms with Crippen molar-refractivity contribution in [2.75, 3.05) is 13.2 Å². The first-order valence-corrected chi connectivity index (χ1v) is 11.8. The maximum atomic E-state index is 14.0. The molecule has 0 bridgehead atoms. The van der Waals surface area contributed by atoms with Crippen molar-refractivity contribution in [3.8, 4) is 5.69 Å². The molecule has 4 rings (SSSR count). The Kier molecular flexibility index (Phi) is 6.19. The number of rotatable bonds is 8. The quantitative estimate of drug-likeness (QED) is 0.323. The summed E-state index contributed by atoms with van der Waals surface area (Å²) in [5.74, 6) is 0. The second kappa shape index (κ2) is 9.01. The van der Waals surface area contributed by atoms with Crippen molar-refractivity contribution >= 4 is 23.8 Å². The first kappa shape index (κ1) is 20.6. The minimum Gasteiger partial charge on any atom is -0.306 e. The zero-order valence-corrected chi connectivity index (χ0v) is 18.2. The zero-order chi connectivity index (χ0) is 21.0. The fraction of sp³-hybridized carbons (Fsp3) is 0.200. The molecular weight excluding hydrogens is 393 g/mol. The molecule has 4 aromatic rings. The highest BCUT2D eigenvalue weighted by molar-refractivity contribution is 7.62. The number of benzene rings is 3. The number of nitrogens with zero attached hydrogens (tertiary/aromatic N) is 1. The summed E-state index contributed by atoms with van der Waals surface area (Å²) in [5, 5.41) is 1.96. The number of hydrogen-bond acceptors (Lipinski definition) is 3. The number of aromatic nitrogens is 1. The highest BCUT2D eigenvalue weighted by atomic mass is 31.2. The third-order valence-electron chi connectivity index (χ3n) is 5.05. The maximum Gasteiger partial charge on any atom is 0.378 e. The van der Waals surface area contributed by atoms with Crippen molar-refractivity contribution in [2.45, 2.75) is 20.3 Å². The van der Waals surface area contributed by atoms with E-state index in [0.29, 0.717) is 25.1 Å². The summed E-state index contributed by atoms with van der Waals surface area (Å²) < 4.78 is 27.7. The summed E-state index contributed by atoms with van der Waals surface area (Å²) in [5.41, 5.74) is 3.79. The van der Waals surface area contributed by atoms with Gasteiger partial charge in [-0.25, -0.2) is 0 Å². The number of hydrogen-bond donors (Lipinski definition) is 0. The topological polar surface area (TPSA) is 40.5 Å². The van der Waals surface area contributed by atoms with Gasteiger partial charge < -0.3 is 13.6 Å². The largest absolute Gasteiger partial charge is 0.378 e. The lowest BCUT2D eigenvalue weighted by atomic mass is 10.1. The van der Waals surface area contributed by atoms with Crippen LogP contribution in [0.25, 0.3) is 16.5 Å². The summed E-state index contributed by atoms with van der Waals surface area (Å²) in [6, 6.07) is 28.4. The molecule has 0 atom stereocenters. The molecule has 0 spiro atoms. The van der Waals surface area contributed by atoms with Crippen LogP contribution in [-0.2, 0) is 20.0 Å². The third kappa shape index (κ3) is 3.87. The van der Waals surface area contributed by atoms with E-state index in [1.54, 1.807) is 0 Å². The average Bonchev–Trinajstić information content (AvgIpc) is 3.10. The van der Waals surface area contributed by atoms with Crippen LogP contribution in [0.5, 0.6) is 0 Å². The molecule has 0 fully saturated rings. The van der Waals surface area contributed by atoms with E-state index >= 15 is 0 Å². The second-order valence-electron chi connectivity index (χ2n) is 6.98. The van der Waals surface area contributed by atoms with Gasteiger partial charge in [-0.1, -0.05) is 72.8 Å². The molecule has 0 unspecified atom stereocenters. The first-order chi connectivity index (χ1) is 14.7. The van der Waals surface area contributed by atoms with E-state index in [0.717, 1.165) is 22.2 Å². The van der Waals surface area contributed by atoms with Gasteiger partial charge in [0.15, 0.2) is 0 Å². The number of para-hydroxylation sites is 1. The van der Waals surface area contributed by atoms with Crippen LogP contribution in [0.3, 0.4) is 0 Å². The predicted octanol–water partition coefficient (Wildman–Crippen LogP) is 6.11. The van der Waals surface area contributed by atoms with Crippen molar-refractivity contribution in [1.82, 2.24) is 4.57 Å². The molecule has 0 saturated carbocycles. The number of fused-ring (bicyclic) bond motifs is 1. The second-order valence-corrected chi connectivity index (χ2v) is 8.92. The lowest BCUT2D eigenvalue weighted by Gasteiger charge is -2.21. The van der Waals surface area contributed by atoms with Gasteiger partial charge >= 0.3 is 7.60 Å². The Morgan fingerprint density at radius 3 is 1.87 bits per heavy atom. The highest BCUT2D eigenvalue weighted by Crippen LogP contribution is 2.50. The Morgan fingerprint density at radius 2 is 1.27 bits per heavy atom. The Balaban J connectivity index is 2.06. The summed E-state index contributed by atoms with van der Waals surface area (Å²) in [6.07, 6.45) is 0.703. The SMILES string of the molecule is CCOP(=O)(OCC)c1c2ccccc2c(Cc2ccccc2)n1-c1ccccc1. The summed E-state index contributed by atoms with van der Waals surface area (Å²) in [7, 11) is -3.54. The summed E-state index contributed by atoms with van der Waals surface area (Å²) in [6.45, 7) is 4.29. The molecule has 3 aromatic carbocycles. The van der Waals surface area contributed by atoms with Crippen LogP contribution in [0.1, 0.15) is 25.1 Å². The van der Waals surface area contributed by atoms with Gasteiger partial charge in [0.1, 0.15) is 5.44 Å². The van der Waals surface area contributed by atoms with Gasteiger partial charge in [0.05, 0.1) is 13.2 Å². The average molecular weight is 419 g/mol. The van der Waals surface area contributed by atoms with Crippen LogP contribution >= 0.6 is 7.60 Å².